The number of hydrogen-bond donors (Lipinski definition) is 1. The van der Waals surface area contributed by atoms with Crippen molar-refractivity contribution in [2.45, 2.75) is 68.5 Å². The summed E-state index contributed by atoms with van der Waals surface area (Å²) in [4.78, 5) is 0.340. The third kappa shape index (κ3) is 4.65. The van der Waals surface area contributed by atoms with Crippen molar-refractivity contribution in [2.24, 2.45) is 0 Å². The molecule has 0 aliphatic carbocycles. The van der Waals surface area contributed by atoms with Crippen molar-refractivity contribution >= 4 is 31.4 Å². The van der Waals surface area contributed by atoms with Crippen LogP contribution in [0.25, 0.3) is 0 Å². The van der Waals surface area contributed by atoms with Gasteiger partial charge in [0, 0.05) is 19.1 Å². The largest absolute Gasteiger partial charge is 0.252 e. The van der Waals surface area contributed by atoms with Crippen LogP contribution >= 0.6 is 11.3 Å². The van der Waals surface area contributed by atoms with E-state index in [-0.39, 0.29) is 12.6 Å². The van der Waals surface area contributed by atoms with Crippen LogP contribution in [-0.2, 0) is 20.0 Å². The van der Waals surface area contributed by atoms with Crippen molar-refractivity contribution in [2.75, 3.05) is 13.1 Å². The molecule has 0 amide bonds. The molecule has 6 nitrogen and oxygen atoms in total. The molecule has 1 N–H and O–H groups in total. The van der Waals surface area contributed by atoms with Gasteiger partial charge in [-0.15, -0.1) is 11.3 Å². The van der Waals surface area contributed by atoms with E-state index in [0.717, 1.165) is 41.5 Å². The molecule has 1 aliphatic heterocycles. The number of hydrogen-bond acceptors (Lipinski definition) is 5. The monoisotopic (exact) mass is 470 g/mol. The number of rotatable bonds is 7. The van der Waals surface area contributed by atoms with Gasteiger partial charge in [-0.25, -0.2) is 21.6 Å². The second-order valence-electron chi connectivity index (χ2n) is 7.97. The summed E-state index contributed by atoms with van der Waals surface area (Å²) in [5.41, 5.74) is 3.40. The Hall–Kier alpha value is -1.26. The Bertz CT molecular complexity index is 1080. The molecule has 1 unspecified atom stereocenters. The van der Waals surface area contributed by atoms with Gasteiger partial charge in [-0.05, 0) is 80.7 Å². The maximum Gasteiger partial charge on any atom is 0.252 e. The van der Waals surface area contributed by atoms with Gasteiger partial charge in [-0.1, -0.05) is 18.6 Å². The average Bonchev–Trinajstić information content (AvgIpc) is 3.22. The molecule has 9 heteroatoms. The molecule has 1 saturated heterocycles. The average molecular weight is 471 g/mol. The Balaban J connectivity index is 1.75. The number of benzene rings is 1. The van der Waals surface area contributed by atoms with Crippen molar-refractivity contribution < 1.29 is 16.8 Å². The number of nitrogens with one attached hydrogen (secondary N) is 1. The molecule has 30 heavy (non-hydrogen) atoms. The molecule has 1 aromatic carbocycles. The quantitative estimate of drug-likeness (QED) is 0.665. The SMILES string of the molecule is Cc1cc(C)c(C)c(S(=O)(=O)NCCC2CCCCN2S(=O)(=O)c2cccs2)c1C. The molecule has 2 heterocycles. The number of piperidine rings is 1. The molecule has 1 fully saturated rings. The molecule has 2 aromatic rings. The Morgan fingerprint density at radius 3 is 2.33 bits per heavy atom. The normalized spacial score (nSPS) is 18.6. The second kappa shape index (κ2) is 9.08. The van der Waals surface area contributed by atoms with Gasteiger partial charge in [0.2, 0.25) is 10.0 Å². The van der Waals surface area contributed by atoms with Gasteiger partial charge in [-0.3, -0.25) is 0 Å². The van der Waals surface area contributed by atoms with Gasteiger partial charge in [0.15, 0.2) is 0 Å². The van der Waals surface area contributed by atoms with E-state index in [2.05, 4.69) is 4.72 Å². The predicted octanol–water partition coefficient (Wildman–Crippen LogP) is 3.89. The first-order chi connectivity index (χ1) is 14.1. The fourth-order valence-electron chi connectivity index (χ4n) is 4.12. The Labute approximate surface area is 184 Å². The number of thiophene rings is 1. The molecule has 1 aromatic heterocycles. The first-order valence-electron chi connectivity index (χ1n) is 10.2. The highest BCUT2D eigenvalue weighted by atomic mass is 32.2. The van der Waals surface area contributed by atoms with E-state index in [1.54, 1.807) is 21.8 Å². The van der Waals surface area contributed by atoms with Crippen molar-refractivity contribution in [3.63, 3.8) is 0 Å². The molecular weight excluding hydrogens is 440 g/mol. The summed E-state index contributed by atoms with van der Waals surface area (Å²) in [5.74, 6) is 0. The van der Waals surface area contributed by atoms with Gasteiger partial charge >= 0.3 is 0 Å². The van der Waals surface area contributed by atoms with Crippen LogP contribution in [0.4, 0.5) is 0 Å². The van der Waals surface area contributed by atoms with E-state index in [1.165, 1.54) is 11.3 Å². The molecule has 0 saturated carbocycles. The van der Waals surface area contributed by atoms with Crippen LogP contribution < -0.4 is 4.72 Å². The van der Waals surface area contributed by atoms with Crippen LogP contribution in [0.2, 0.25) is 0 Å². The van der Waals surface area contributed by atoms with Crippen LogP contribution in [0, 0.1) is 27.7 Å². The summed E-state index contributed by atoms with van der Waals surface area (Å²) >= 11 is 1.22. The van der Waals surface area contributed by atoms with Crippen LogP contribution in [0.15, 0.2) is 32.7 Å². The summed E-state index contributed by atoms with van der Waals surface area (Å²) in [6.45, 7) is 8.16. The lowest BCUT2D eigenvalue weighted by Gasteiger charge is -2.34. The summed E-state index contributed by atoms with van der Waals surface area (Å²) in [6.07, 6.45) is 2.97. The number of aryl methyl sites for hydroxylation is 2. The molecular formula is C21H30N2O4S3. The van der Waals surface area contributed by atoms with E-state index in [0.29, 0.717) is 22.1 Å². The van der Waals surface area contributed by atoms with E-state index < -0.39 is 20.0 Å². The van der Waals surface area contributed by atoms with Crippen LogP contribution in [0.5, 0.6) is 0 Å². The van der Waals surface area contributed by atoms with E-state index >= 15 is 0 Å². The minimum atomic E-state index is -3.68. The van der Waals surface area contributed by atoms with Gasteiger partial charge in [-0.2, -0.15) is 4.31 Å². The first-order valence-corrected chi connectivity index (χ1v) is 14.0. The lowest BCUT2D eigenvalue weighted by Crippen LogP contribution is -2.45. The van der Waals surface area contributed by atoms with Crippen molar-refractivity contribution in [1.29, 1.82) is 0 Å². The lowest BCUT2D eigenvalue weighted by atomic mass is 10.0. The third-order valence-electron chi connectivity index (χ3n) is 5.97. The maximum atomic E-state index is 13.0. The zero-order chi connectivity index (χ0) is 22.1. The van der Waals surface area contributed by atoms with Crippen molar-refractivity contribution in [3.05, 3.63) is 45.8 Å². The zero-order valence-corrected chi connectivity index (χ0v) is 20.4. The highest BCUT2D eigenvalue weighted by molar-refractivity contribution is 7.91. The molecule has 0 spiro atoms. The summed E-state index contributed by atoms with van der Waals surface area (Å²) in [7, 11) is -7.22. The summed E-state index contributed by atoms with van der Waals surface area (Å²) < 4.78 is 56.7. The fraction of sp³-hybridized carbons (Fsp3) is 0.524. The van der Waals surface area contributed by atoms with Crippen molar-refractivity contribution in [3.8, 4) is 0 Å². The van der Waals surface area contributed by atoms with Gasteiger partial charge < -0.3 is 0 Å². The minimum absolute atomic E-state index is 0.199. The summed E-state index contributed by atoms with van der Waals surface area (Å²) in [6, 6.07) is 5.16. The first kappa shape index (κ1) is 23.4. The molecule has 0 bridgehead atoms. The van der Waals surface area contributed by atoms with Crippen LogP contribution in [0.3, 0.4) is 0 Å². The predicted molar refractivity (Wildman–Crippen MR) is 121 cm³/mol. The second-order valence-corrected chi connectivity index (χ2v) is 12.7. The summed E-state index contributed by atoms with van der Waals surface area (Å²) in [5, 5.41) is 1.76. The van der Waals surface area contributed by atoms with Gasteiger partial charge in [0.1, 0.15) is 4.21 Å². The Morgan fingerprint density at radius 2 is 1.73 bits per heavy atom. The molecule has 0 radical (unpaired) electrons. The lowest BCUT2D eigenvalue weighted by molar-refractivity contribution is 0.242. The maximum absolute atomic E-state index is 13.0. The van der Waals surface area contributed by atoms with Crippen LogP contribution in [-0.4, -0.2) is 40.3 Å². The topological polar surface area (TPSA) is 83.6 Å². The third-order valence-corrected chi connectivity index (χ3v) is 11.0. The van der Waals surface area contributed by atoms with E-state index in [1.807, 2.05) is 33.8 Å². The standard InChI is InChI=1S/C21H30N2O4S3/c1-15-14-16(2)18(4)21(17(15)3)29(24,25)22-11-10-19-8-5-6-12-23(19)30(26,27)20-9-7-13-28-20/h7,9,13-14,19,22H,5-6,8,10-12H2,1-4H3. The van der Waals surface area contributed by atoms with Gasteiger partial charge in [0.25, 0.3) is 10.0 Å². The Kier molecular flexibility index (Phi) is 7.08. The number of nitrogens with zero attached hydrogens (tertiary/aromatic N) is 1. The highest BCUT2D eigenvalue weighted by Gasteiger charge is 2.34. The van der Waals surface area contributed by atoms with Crippen molar-refractivity contribution in [1.82, 2.24) is 9.03 Å². The van der Waals surface area contributed by atoms with Gasteiger partial charge in [0.05, 0.1) is 4.90 Å². The molecule has 3 rings (SSSR count). The minimum Gasteiger partial charge on any atom is -0.211 e. The van der Waals surface area contributed by atoms with Crippen LogP contribution in [0.1, 0.15) is 47.9 Å². The molecule has 1 aliphatic rings. The van der Waals surface area contributed by atoms with E-state index in [4.69, 9.17) is 0 Å². The number of sulfonamides is 2. The fourth-order valence-corrected chi connectivity index (χ4v) is 8.62. The zero-order valence-electron chi connectivity index (χ0n) is 17.9. The van der Waals surface area contributed by atoms with E-state index in [9.17, 15) is 16.8 Å². The molecule has 166 valence electrons. The smallest absolute Gasteiger partial charge is 0.211 e. The molecule has 1 atom stereocenters. The Morgan fingerprint density at radius 1 is 1.07 bits per heavy atom. The highest BCUT2D eigenvalue weighted by Crippen LogP contribution is 2.30.